The molecule has 1 amide bonds. The van der Waals surface area contributed by atoms with E-state index in [1.807, 2.05) is 80.3 Å². The maximum absolute atomic E-state index is 13.2. The van der Waals surface area contributed by atoms with Gasteiger partial charge in [0, 0.05) is 18.5 Å². The lowest BCUT2D eigenvalue weighted by atomic mass is 10.1. The van der Waals surface area contributed by atoms with Gasteiger partial charge in [-0.3, -0.25) is 4.79 Å². The molecule has 3 aromatic rings. The second kappa shape index (κ2) is 8.32. The third-order valence-electron chi connectivity index (χ3n) is 4.31. The second-order valence-corrected chi connectivity index (χ2v) is 7.11. The maximum atomic E-state index is 13.2. The van der Waals surface area contributed by atoms with Crippen molar-refractivity contribution in [3.05, 3.63) is 66.0 Å². The molecule has 0 spiro atoms. The van der Waals surface area contributed by atoms with Crippen molar-refractivity contribution in [2.45, 2.75) is 31.0 Å². The van der Waals surface area contributed by atoms with Gasteiger partial charge in [-0.05, 0) is 32.4 Å². The number of rotatable bonds is 6. The van der Waals surface area contributed by atoms with E-state index in [9.17, 15) is 4.79 Å². The molecule has 2 aromatic carbocycles. The SMILES string of the molecule is CCN(CC)C(=O)[C@H](Sc1nc(C)nc2ccccc12)c1ccccc1. The largest absolute Gasteiger partial charge is 0.342 e. The zero-order valence-corrected chi connectivity index (χ0v) is 16.2. The zero-order valence-electron chi connectivity index (χ0n) is 15.3. The van der Waals surface area contributed by atoms with Crippen LogP contribution in [-0.2, 0) is 4.79 Å². The Hall–Kier alpha value is -2.40. The number of likely N-dealkylation sites (N-methyl/N-ethyl adjacent to an activating group) is 1. The van der Waals surface area contributed by atoms with Crippen molar-refractivity contribution in [2.24, 2.45) is 0 Å². The molecule has 0 bridgehead atoms. The number of hydrogen-bond donors (Lipinski definition) is 0. The molecule has 0 saturated heterocycles. The number of carbonyl (C=O) groups excluding carboxylic acids is 1. The molecule has 0 unspecified atom stereocenters. The van der Waals surface area contributed by atoms with Crippen LogP contribution in [0.4, 0.5) is 0 Å². The number of benzene rings is 2. The summed E-state index contributed by atoms with van der Waals surface area (Å²) in [7, 11) is 0. The van der Waals surface area contributed by atoms with E-state index in [1.165, 1.54) is 11.8 Å². The third-order valence-corrected chi connectivity index (χ3v) is 5.56. The minimum atomic E-state index is -0.325. The van der Waals surface area contributed by atoms with E-state index in [-0.39, 0.29) is 11.2 Å². The van der Waals surface area contributed by atoms with Crippen LogP contribution in [0.25, 0.3) is 10.9 Å². The molecule has 134 valence electrons. The van der Waals surface area contributed by atoms with Gasteiger partial charge in [0.15, 0.2) is 0 Å². The third kappa shape index (κ3) is 3.88. The van der Waals surface area contributed by atoms with Crippen molar-refractivity contribution in [2.75, 3.05) is 13.1 Å². The summed E-state index contributed by atoms with van der Waals surface area (Å²) in [4.78, 5) is 24.2. The lowest BCUT2D eigenvalue weighted by Crippen LogP contribution is -2.33. The lowest BCUT2D eigenvalue weighted by molar-refractivity contribution is -0.130. The maximum Gasteiger partial charge on any atom is 0.240 e. The Morgan fingerprint density at radius 1 is 1.00 bits per heavy atom. The molecule has 0 radical (unpaired) electrons. The number of nitrogens with zero attached hydrogens (tertiary/aromatic N) is 3. The normalized spacial score (nSPS) is 12.1. The number of hydrogen-bond acceptors (Lipinski definition) is 4. The Labute approximate surface area is 158 Å². The average molecular weight is 366 g/mol. The quantitative estimate of drug-likeness (QED) is 0.471. The Kier molecular flexibility index (Phi) is 5.89. The molecule has 5 heteroatoms. The first-order valence-corrected chi connectivity index (χ1v) is 9.75. The van der Waals surface area contributed by atoms with Gasteiger partial charge in [0.2, 0.25) is 5.91 Å². The van der Waals surface area contributed by atoms with Crippen molar-refractivity contribution in [3.63, 3.8) is 0 Å². The van der Waals surface area contributed by atoms with Crippen molar-refractivity contribution in [1.82, 2.24) is 14.9 Å². The van der Waals surface area contributed by atoms with Gasteiger partial charge < -0.3 is 4.90 Å². The van der Waals surface area contributed by atoms with Gasteiger partial charge in [-0.1, -0.05) is 60.3 Å². The number of aromatic nitrogens is 2. The van der Waals surface area contributed by atoms with Gasteiger partial charge in [-0.15, -0.1) is 0 Å². The molecule has 0 saturated carbocycles. The van der Waals surface area contributed by atoms with E-state index in [1.54, 1.807) is 0 Å². The van der Waals surface area contributed by atoms with E-state index in [0.29, 0.717) is 18.9 Å². The smallest absolute Gasteiger partial charge is 0.240 e. The molecule has 1 aromatic heterocycles. The summed E-state index contributed by atoms with van der Waals surface area (Å²) < 4.78 is 0. The van der Waals surface area contributed by atoms with Crippen molar-refractivity contribution >= 4 is 28.6 Å². The Morgan fingerprint density at radius 3 is 2.35 bits per heavy atom. The summed E-state index contributed by atoms with van der Waals surface area (Å²) in [5.41, 5.74) is 1.90. The number of amides is 1. The number of thioether (sulfide) groups is 1. The summed E-state index contributed by atoms with van der Waals surface area (Å²) in [6.07, 6.45) is 0. The van der Waals surface area contributed by atoms with Crippen LogP contribution in [0.5, 0.6) is 0 Å². The minimum Gasteiger partial charge on any atom is -0.342 e. The van der Waals surface area contributed by atoms with Crippen LogP contribution in [0.1, 0.15) is 30.5 Å². The standard InChI is InChI=1S/C21H23N3OS/c1-4-24(5-2)21(25)19(16-11-7-6-8-12-16)26-20-17-13-9-10-14-18(17)22-15(3)23-20/h6-14,19H,4-5H2,1-3H3/t19-/m1/s1. The number of fused-ring (bicyclic) bond motifs is 1. The molecule has 1 atom stereocenters. The van der Waals surface area contributed by atoms with Crippen LogP contribution < -0.4 is 0 Å². The fraction of sp³-hybridized carbons (Fsp3) is 0.286. The van der Waals surface area contributed by atoms with Crippen LogP contribution >= 0.6 is 11.8 Å². The van der Waals surface area contributed by atoms with Gasteiger partial charge in [0.25, 0.3) is 0 Å². The van der Waals surface area contributed by atoms with E-state index in [4.69, 9.17) is 0 Å². The highest BCUT2D eigenvalue weighted by Gasteiger charge is 2.27. The molecule has 0 fully saturated rings. The first-order chi connectivity index (χ1) is 12.6. The molecular formula is C21H23N3OS. The molecule has 0 aliphatic rings. The minimum absolute atomic E-state index is 0.117. The first-order valence-electron chi connectivity index (χ1n) is 8.87. The Morgan fingerprint density at radius 2 is 1.65 bits per heavy atom. The Bertz CT molecular complexity index is 894. The van der Waals surface area contributed by atoms with Crippen molar-refractivity contribution in [3.8, 4) is 0 Å². The fourth-order valence-electron chi connectivity index (χ4n) is 2.95. The van der Waals surface area contributed by atoms with Gasteiger partial charge in [0.1, 0.15) is 16.1 Å². The number of para-hydroxylation sites is 1. The summed E-state index contributed by atoms with van der Waals surface area (Å²) in [5.74, 6) is 0.833. The van der Waals surface area contributed by atoms with Gasteiger partial charge >= 0.3 is 0 Å². The zero-order chi connectivity index (χ0) is 18.5. The van der Waals surface area contributed by atoms with Crippen molar-refractivity contribution in [1.29, 1.82) is 0 Å². The fourth-order valence-corrected chi connectivity index (χ4v) is 4.20. The van der Waals surface area contributed by atoms with Gasteiger partial charge in [-0.2, -0.15) is 0 Å². The van der Waals surface area contributed by atoms with E-state index in [0.717, 1.165) is 21.5 Å². The van der Waals surface area contributed by atoms with Crippen molar-refractivity contribution < 1.29 is 4.79 Å². The average Bonchev–Trinajstić information content (AvgIpc) is 2.67. The van der Waals surface area contributed by atoms with E-state index < -0.39 is 0 Å². The molecule has 4 nitrogen and oxygen atoms in total. The van der Waals surface area contributed by atoms with Crippen LogP contribution in [0.15, 0.2) is 59.6 Å². The predicted octanol–water partition coefficient (Wildman–Crippen LogP) is 4.64. The first kappa shape index (κ1) is 18.4. The van der Waals surface area contributed by atoms with Crippen LogP contribution in [0, 0.1) is 6.92 Å². The molecule has 0 aliphatic carbocycles. The summed E-state index contributed by atoms with van der Waals surface area (Å²) >= 11 is 1.51. The molecular weight excluding hydrogens is 342 g/mol. The number of carbonyl (C=O) groups is 1. The predicted molar refractivity (Wildman–Crippen MR) is 107 cm³/mol. The van der Waals surface area contributed by atoms with Crippen LogP contribution in [-0.4, -0.2) is 33.9 Å². The van der Waals surface area contributed by atoms with E-state index in [2.05, 4.69) is 9.97 Å². The Balaban J connectivity index is 2.05. The molecule has 26 heavy (non-hydrogen) atoms. The monoisotopic (exact) mass is 365 g/mol. The van der Waals surface area contributed by atoms with Gasteiger partial charge in [0.05, 0.1) is 5.52 Å². The topological polar surface area (TPSA) is 46.1 Å². The highest BCUT2D eigenvalue weighted by atomic mass is 32.2. The second-order valence-electron chi connectivity index (χ2n) is 6.01. The lowest BCUT2D eigenvalue weighted by Gasteiger charge is -2.25. The highest BCUT2D eigenvalue weighted by molar-refractivity contribution is 8.00. The molecule has 1 heterocycles. The molecule has 3 rings (SSSR count). The highest BCUT2D eigenvalue weighted by Crippen LogP contribution is 2.38. The van der Waals surface area contributed by atoms with Gasteiger partial charge in [-0.25, -0.2) is 9.97 Å². The molecule has 0 aliphatic heterocycles. The van der Waals surface area contributed by atoms with E-state index >= 15 is 0 Å². The summed E-state index contributed by atoms with van der Waals surface area (Å²) in [6, 6.07) is 17.9. The van der Waals surface area contributed by atoms with Crippen LogP contribution in [0.3, 0.4) is 0 Å². The summed E-state index contributed by atoms with van der Waals surface area (Å²) in [6.45, 7) is 7.31. The summed E-state index contributed by atoms with van der Waals surface area (Å²) in [5, 5.41) is 1.51. The van der Waals surface area contributed by atoms with Crippen LogP contribution in [0.2, 0.25) is 0 Å². The molecule has 0 N–H and O–H groups in total. The number of aryl methyl sites for hydroxylation is 1.